The van der Waals surface area contributed by atoms with Gasteiger partial charge in [-0.3, -0.25) is 4.79 Å². The molecule has 0 aromatic heterocycles. The van der Waals surface area contributed by atoms with Crippen molar-refractivity contribution in [1.29, 1.82) is 0 Å². The van der Waals surface area contributed by atoms with Gasteiger partial charge in [-0.15, -0.1) is 0 Å². The van der Waals surface area contributed by atoms with E-state index in [0.717, 1.165) is 19.2 Å². The van der Waals surface area contributed by atoms with Crippen LogP contribution in [0.1, 0.15) is 5.56 Å². The van der Waals surface area contributed by atoms with E-state index in [1.165, 1.54) is 0 Å². The van der Waals surface area contributed by atoms with Gasteiger partial charge in [0.05, 0.1) is 18.6 Å². The molecule has 1 aromatic carbocycles. The van der Waals surface area contributed by atoms with Gasteiger partial charge in [-0.25, -0.2) is 8.78 Å². The molecular weight excluding hydrogens is 214 g/mol. The molecule has 1 aromatic rings. The van der Waals surface area contributed by atoms with Crippen LogP contribution < -0.4 is 0 Å². The molecule has 2 nitrogen and oxygen atoms in total. The Morgan fingerprint density at radius 2 is 2.14 bits per heavy atom. The summed E-state index contributed by atoms with van der Waals surface area (Å²) >= 11 is 5.42. The van der Waals surface area contributed by atoms with Crippen molar-refractivity contribution in [2.45, 2.75) is 6.42 Å². The van der Waals surface area contributed by atoms with Crippen molar-refractivity contribution < 1.29 is 18.3 Å². The monoisotopic (exact) mass is 220 g/mol. The Balaban J connectivity index is 3.06. The summed E-state index contributed by atoms with van der Waals surface area (Å²) < 4.78 is 30.5. The maximum absolute atomic E-state index is 13.2. The van der Waals surface area contributed by atoms with Crippen molar-refractivity contribution in [1.82, 2.24) is 0 Å². The minimum Gasteiger partial charge on any atom is -0.469 e. The molecular formula is C9H7ClF2O2. The van der Waals surface area contributed by atoms with E-state index in [1.807, 2.05) is 0 Å². The molecule has 76 valence electrons. The second-order valence-electron chi connectivity index (χ2n) is 2.57. The number of methoxy groups -OCH3 is 1. The molecule has 0 atom stereocenters. The molecule has 0 saturated carbocycles. The van der Waals surface area contributed by atoms with E-state index in [1.54, 1.807) is 0 Å². The molecule has 0 unspecified atom stereocenters. The van der Waals surface area contributed by atoms with Crippen LogP contribution in [-0.2, 0) is 16.0 Å². The number of halogens is 3. The summed E-state index contributed by atoms with van der Waals surface area (Å²) in [5.74, 6) is -2.44. The van der Waals surface area contributed by atoms with Gasteiger partial charge in [-0.2, -0.15) is 0 Å². The zero-order valence-corrected chi connectivity index (χ0v) is 8.07. The SMILES string of the molecule is COC(=O)Cc1c(F)ccc(Cl)c1F. The van der Waals surface area contributed by atoms with Gasteiger partial charge in [0, 0.05) is 5.56 Å². The van der Waals surface area contributed by atoms with Crippen LogP contribution in [-0.4, -0.2) is 13.1 Å². The Labute approximate surface area is 84.4 Å². The van der Waals surface area contributed by atoms with Gasteiger partial charge >= 0.3 is 5.97 Å². The zero-order chi connectivity index (χ0) is 10.7. The molecule has 0 aliphatic carbocycles. The lowest BCUT2D eigenvalue weighted by Gasteiger charge is -2.04. The first-order chi connectivity index (χ1) is 6.56. The second kappa shape index (κ2) is 4.37. The minimum absolute atomic E-state index is 0.217. The summed E-state index contributed by atoms with van der Waals surface area (Å²) in [6.07, 6.45) is -0.464. The normalized spacial score (nSPS) is 10.0. The fourth-order valence-electron chi connectivity index (χ4n) is 0.948. The Morgan fingerprint density at radius 1 is 1.50 bits per heavy atom. The van der Waals surface area contributed by atoms with Crippen LogP contribution in [0.25, 0.3) is 0 Å². The average molecular weight is 221 g/mol. The summed E-state index contributed by atoms with van der Waals surface area (Å²) in [5, 5.41) is -0.217. The maximum atomic E-state index is 13.2. The largest absolute Gasteiger partial charge is 0.469 e. The van der Waals surface area contributed by atoms with Gasteiger partial charge in [-0.1, -0.05) is 11.6 Å². The van der Waals surface area contributed by atoms with Crippen molar-refractivity contribution in [3.8, 4) is 0 Å². The molecule has 0 heterocycles. The van der Waals surface area contributed by atoms with Crippen LogP contribution in [0.2, 0.25) is 5.02 Å². The fourth-order valence-corrected chi connectivity index (χ4v) is 1.12. The number of hydrogen-bond acceptors (Lipinski definition) is 2. The number of carbonyl (C=O) groups is 1. The third kappa shape index (κ3) is 2.20. The third-order valence-electron chi connectivity index (χ3n) is 1.69. The molecule has 0 bridgehead atoms. The van der Waals surface area contributed by atoms with Crippen LogP contribution in [0.5, 0.6) is 0 Å². The van der Waals surface area contributed by atoms with E-state index in [0.29, 0.717) is 0 Å². The average Bonchev–Trinajstić information content (AvgIpc) is 2.18. The summed E-state index contributed by atoms with van der Waals surface area (Å²) in [4.78, 5) is 10.8. The molecule has 1 rings (SSSR count). The smallest absolute Gasteiger partial charge is 0.310 e. The molecule has 0 amide bonds. The number of rotatable bonds is 2. The predicted octanol–water partition coefficient (Wildman–Crippen LogP) is 2.33. The summed E-state index contributed by atoms with van der Waals surface area (Å²) in [5.41, 5.74) is -0.371. The highest BCUT2D eigenvalue weighted by Gasteiger charge is 2.15. The standard InChI is InChI=1S/C9H7ClF2O2/c1-14-8(13)4-5-7(11)3-2-6(10)9(5)12/h2-3H,4H2,1H3. The van der Waals surface area contributed by atoms with Crippen LogP contribution >= 0.6 is 11.6 Å². The number of ether oxygens (including phenoxy) is 1. The Kier molecular flexibility index (Phi) is 3.41. The first-order valence-corrected chi connectivity index (χ1v) is 4.13. The minimum atomic E-state index is -0.919. The lowest BCUT2D eigenvalue weighted by atomic mass is 10.1. The summed E-state index contributed by atoms with van der Waals surface area (Å²) in [6, 6.07) is 2.09. The van der Waals surface area contributed by atoms with E-state index in [9.17, 15) is 13.6 Å². The first kappa shape index (κ1) is 10.9. The lowest BCUT2D eigenvalue weighted by Crippen LogP contribution is -2.08. The molecule has 0 N–H and O–H groups in total. The number of hydrogen-bond donors (Lipinski definition) is 0. The first-order valence-electron chi connectivity index (χ1n) is 3.75. The van der Waals surface area contributed by atoms with E-state index in [-0.39, 0.29) is 10.6 Å². The highest BCUT2D eigenvalue weighted by atomic mass is 35.5. The Bertz CT molecular complexity index is 366. The quantitative estimate of drug-likeness (QED) is 0.565. The van der Waals surface area contributed by atoms with E-state index in [2.05, 4.69) is 4.74 Å². The Hall–Kier alpha value is -1.16. The molecule has 0 radical (unpaired) electrons. The fraction of sp³-hybridized carbons (Fsp3) is 0.222. The molecule has 14 heavy (non-hydrogen) atoms. The van der Waals surface area contributed by atoms with Crippen LogP contribution in [0.4, 0.5) is 8.78 Å². The summed E-state index contributed by atoms with van der Waals surface area (Å²) in [7, 11) is 1.14. The van der Waals surface area contributed by atoms with Crippen LogP contribution in [0, 0.1) is 11.6 Å². The van der Waals surface area contributed by atoms with Gasteiger partial charge in [-0.05, 0) is 12.1 Å². The van der Waals surface area contributed by atoms with Gasteiger partial charge in [0.15, 0.2) is 0 Å². The number of carbonyl (C=O) groups excluding carboxylic acids is 1. The van der Waals surface area contributed by atoms with Crippen molar-refractivity contribution in [3.63, 3.8) is 0 Å². The summed E-state index contributed by atoms with van der Waals surface area (Å²) in [6.45, 7) is 0. The van der Waals surface area contributed by atoms with Gasteiger partial charge < -0.3 is 4.74 Å². The molecule has 0 saturated heterocycles. The number of benzene rings is 1. The predicted molar refractivity (Wildman–Crippen MR) is 47.1 cm³/mol. The molecule has 5 heteroatoms. The molecule has 0 fully saturated rings. The van der Waals surface area contributed by atoms with Gasteiger partial charge in [0.25, 0.3) is 0 Å². The lowest BCUT2D eigenvalue weighted by molar-refractivity contribution is -0.139. The van der Waals surface area contributed by atoms with Crippen molar-refractivity contribution in [2.24, 2.45) is 0 Å². The topological polar surface area (TPSA) is 26.3 Å². The zero-order valence-electron chi connectivity index (χ0n) is 7.31. The Morgan fingerprint density at radius 3 is 2.71 bits per heavy atom. The van der Waals surface area contributed by atoms with Crippen molar-refractivity contribution in [2.75, 3.05) is 7.11 Å². The highest BCUT2D eigenvalue weighted by Crippen LogP contribution is 2.21. The van der Waals surface area contributed by atoms with E-state index >= 15 is 0 Å². The van der Waals surface area contributed by atoms with Crippen molar-refractivity contribution >= 4 is 17.6 Å². The van der Waals surface area contributed by atoms with E-state index < -0.39 is 24.0 Å². The molecule has 0 spiro atoms. The highest BCUT2D eigenvalue weighted by molar-refractivity contribution is 6.30. The second-order valence-corrected chi connectivity index (χ2v) is 2.98. The van der Waals surface area contributed by atoms with Gasteiger partial charge in [0.1, 0.15) is 11.6 Å². The van der Waals surface area contributed by atoms with Crippen LogP contribution in [0.15, 0.2) is 12.1 Å². The third-order valence-corrected chi connectivity index (χ3v) is 1.98. The van der Waals surface area contributed by atoms with Gasteiger partial charge in [0.2, 0.25) is 0 Å². The molecule has 0 aliphatic rings. The van der Waals surface area contributed by atoms with E-state index in [4.69, 9.17) is 11.6 Å². The number of esters is 1. The maximum Gasteiger partial charge on any atom is 0.310 e. The molecule has 0 aliphatic heterocycles. The van der Waals surface area contributed by atoms with Crippen LogP contribution in [0.3, 0.4) is 0 Å². The van der Waals surface area contributed by atoms with Crippen molar-refractivity contribution in [3.05, 3.63) is 34.4 Å².